The zero-order valence-electron chi connectivity index (χ0n) is 14.0. The first-order valence-electron chi connectivity index (χ1n) is 8.30. The molecule has 25 heavy (non-hydrogen) atoms. The van der Waals surface area contributed by atoms with Gasteiger partial charge in [0.25, 0.3) is 11.1 Å². The summed E-state index contributed by atoms with van der Waals surface area (Å²) >= 11 is 1.41. The maximum Gasteiger partial charge on any atom is 0.309 e. The predicted octanol–water partition coefficient (Wildman–Crippen LogP) is 3.35. The molecule has 0 unspecified atom stereocenters. The number of esters is 1. The maximum atomic E-state index is 12.6. The number of hydrogen-bond acceptors (Lipinski definition) is 6. The van der Waals surface area contributed by atoms with Crippen LogP contribution in [0, 0.1) is 5.92 Å². The SMILES string of the molecule is CCOC(=O)C1CCN(C(=O)c2ccc(Oc3nccs3)cc2)CC1. The molecule has 0 spiro atoms. The Bertz CT molecular complexity index is 707. The third-order valence-electron chi connectivity index (χ3n) is 4.12. The van der Waals surface area contributed by atoms with Crippen molar-refractivity contribution in [1.29, 1.82) is 0 Å². The lowest BCUT2D eigenvalue weighted by Gasteiger charge is -2.31. The fourth-order valence-electron chi connectivity index (χ4n) is 2.79. The summed E-state index contributed by atoms with van der Waals surface area (Å²) in [5.74, 6) is 0.368. The summed E-state index contributed by atoms with van der Waals surface area (Å²) in [6.07, 6.45) is 2.98. The van der Waals surface area contributed by atoms with Crippen LogP contribution in [0.2, 0.25) is 0 Å². The van der Waals surface area contributed by atoms with Gasteiger partial charge in [-0.1, -0.05) is 11.3 Å². The normalized spacial score (nSPS) is 15.0. The molecule has 0 radical (unpaired) electrons. The summed E-state index contributed by atoms with van der Waals surface area (Å²) in [6, 6.07) is 7.03. The highest BCUT2D eigenvalue weighted by atomic mass is 32.1. The van der Waals surface area contributed by atoms with Crippen LogP contribution in [0.4, 0.5) is 0 Å². The summed E-state index contributed by atoms with van der Waals surface area (Å²) in [5.41, 5.74) is 0.612. The van der Waals surface area contributed by atoms with Crippen LogP contribution in [0.3, 0.4) is 0 Å². The van der Waals surface area contributed by atoms with E-state index in [-0.39, 0.29) is 17.8 Å². The molecule has 1 saturated heterocycles. The molecule has 132 valence electrons. The molecule has 0 aliphatic carbocycles. The molecule has 1 aliphatic heterocycles. The minimum Gasteiger partial charge on any atom is -0.466 e. The Labute approximate surface area is 150 Å². The highest BCUT2D eigenvalue weighted by Gasteiger charge is 2.28. The number of piperidine rings is 1. The molecular formula is C18H20N2O4S. The van der Waals surface area contributed by atoms with Gasteiger partial charge in [0.15, 0.2) is 0 Å². The lowest BCUT2D eigenvalue weighted by atomic mass is 9.96. The van der Waals surface area contributed by atoms with Crippen molar-refractivity contribution >= 4 is 23.2 Å². The van der Waals surface area contributed by atoms with E-state index >= 15 is 0 Å². The Morgan fingerprint density at radius 3 is 2.56 bits per heavy atom. The number of thiazole rings is 1. The molecule has 1 fully saturated rings. The van der Waals surface area contributed by atoms with Crippen LogP contribution < -0.4 is 4.74 Å². The Balaban J connectivity index is 1.55. The molecule has 0 N–H and O–H groups in total. The minimum absolute atomic E-state index is 0.0249. The molecular weight excluding hydrogens is 340 g/mol. The third-order valence-corrected chi connectivity index (χ3v) is 4.77. The van der Waals surface area contributed by atoms with Crippen LogP contribution in [-0.4, -0.2) is 41.5 Å². The van der Waals surface area contributed by atoms with Gasteiger partial charge in [0, 0.05) is 30.2 Å². The number of carbonyl (C=O) groups is 2. The van der Waals surface area contributed by atoms with Crippen LogP contribution >= 0.6 is 11.3 Å². The first kappa shape index (κ1) is 17.4. The maximum absolute atomic E-state index is 12.6. The van der Waals surface area contributed by atoms with Gasteiger partial charge in [-0.15, -0.1) is 0 Å². The lowest BCUT2D eigenvalue weighted by Crippen LogP contribution is -2.40. The summed E-state index contributed by atoms with van der Waals surface area (Å²) in [4.78, 5) is 30.2. The number of likely N-dealkylation sites (tertiary alicyclic amines) is 1. The minimum atomic E-state index is -0.154. The molecule has 3 rings (SSSR count). The second-order valence-corrected chi connectivity index (χ2v) is 6.60. The Morgan fingerprint density at radius 1 is 1.24 bits per heavy atom. The van der Waals surface area contributed by atoms with Crippen molar-refractivity contribution in [2.24, 2.45) is 5.92 Å². The number of rotatable bonds is 5. The summed E-state index contributed by atoms with van der Waals surface area (Å²) < 4.78 is 10.7. The quantitative estimate of drug-likeness (QED) is 0.765. The molecule has 6 nitrogen and oxygen atoms in total. The van der Waals surface area contributed by atoms with Crippen LogP contribution in [0.15, 0.2) is 35.8 Å². The lowest BCUT2D eigenvalue weighted by molar-refractivity contribution is -0.149. The van der Waals surface area contributed by atoms with Crippen molar-refractivity contribution in [1.82, 2.24) is 9.88 Å². The van der Waals surface area contributed by atoms with Gasteiger partial charge in [-0.2, -0.15) is 0 Å². The van der Waals surface area contributed by atoms with Gasteiger partial charge in [0.05, 0.1) is 12.5 Å². The van der Waals surface area contributed by atoms with Crippen molar-refractivity contribution in [3.05, 3.63) is 41.4 Å². The van der Waals surface area contributed by atoms with Crippen molar-refractivity contribution < 1.29 is 19.1 Å². The highest BCUT2D eigenvalue weighted by molar-refractivity contribution is 7.11. The van der Waals surface area contributed by atoms with Crippen LogP contribution in [0.1, 0.15) is 30.1 Å². The largest absolute Gasteiger partial charge is 0.466 e. The number of aromatic nitrogens is 1. The zero-order valence-corrected chi connectivity index (χ0v) is 14.8. The van der Waals surface area contributed by atoms with Gasteiger partial charge in [-0.05, 0) is 44.0 Å². The second kappa shape index (κ2) is 8.11. The van der Waals surface area contributed by atoms with E-state index in [0.29, 0.717) is 49.0 Å². The van der Waals surface area contributed by atoms with Crippen LogP contribution in [-0.2, 0) is 9.53 Å². The molecule has 2 aromatic rings. The first-order chi connectivity index (χ1) is 12.2. The van der Waals surface area contributed by atoms with Crippen molar-refractivity contribution in [3.8, 4) is 10.9 Å². The van der Waals surface area contributed by atoms with Crippen LogP contribution in [0.25, 0.3) is 0 Å². The van der Waals surface area contributed by atoms with E-state index in [0.717, 1.165) is 0 Å². The second-order valence-electron chi connectivity index (χ2n) is 5.74. The van der Waals surface area contributed by atoms with E-state index in [1.54, 1.807) is 42.3 Å². The van der Waals surface area contributed by atoms with Crippen molar-refractivity contribution in [3.63, 3.8) is 0 Å². The standard InChI is InChI=1S/C18H20N2O4S/c1-2-23-17(22)14-7-10-20(11-8-14)16(21)13-3-5-15(6-4-13)24-18-19-9-12-25-18/h3-6,9,12,14H,2,7-8,10-11H2,1H3. The molecule has 0 atom stereocenters. The summed E-state index contributed by atoms with van der Waals surface area (Å²) in [5, 5.41) is 2.41. The molecule has 1 aromatic heterocycles. The highest BCUT2D eigenvalue weighted by Crippen LogP contribution is 2.25. The molecule has 1 amide bonds. The third kappa shape index (κ3) is 4.36. The molecule has 1 aliphatic rings. The van der Waals surface area contributed by atoms with Crippen LogP contribution in [0.5, 0.6) is 10.9 Å². The average Bonchev–Trinajstić information content (AvgIpc) is 3.15. The van der Waals surface area contributed by atoms with Gasteiger partial charge < -0.3 is 14.4 Å². The van der Waals surface area contributed by atoms with Gasteiger partial charge in [0.2, 0.25) is 0 Å². The van der Waals surface area contributed by atoms with Gasteiger partial charge >= 0.3 is 5.97 Å². The zero-order chi connectivity index (χ0) is 17.6. The first-order valence-corrected chi connectivity index (χ1v) is 9.18. The van der Waals surface area contributed by atoms with E-state index in [2.05, 4.69) is 4.98 Å². The van der Waals surface area contributed by atoms with Gasteiger partial charge in [0.1, 0.15) is 5.75 Å². The number of ether oxygens (including phenoxy) is 2. The smallest absolute Gasteiger partial charge is 0.309 e. The van der Waals surface area contributed by atoms with Crippen molar-refractivity contribution in [2.75, 3.05) is 19.7 Å². The van der Waals surface area contributed by atoms with E-state index in [4.69, 9.17) is 9.47 Å². The molecule has 0 bridgehead atoms. The Hall–Kier alpha value is -2.41. The average molecular weight is 360 g/mol. The monoisotopic (exact) mass is 360 g/mol. The topological polar surface area (TPSA) is 68.7 Å². The van der Waals surface area contributed by atoms with E-state index in [1.165, 1.54) is 11.3 Å². The number of amides is 1. The van der Waals surface area contributed by atoms with E-state index < -0.39 is 0 Å². The molecule has 1 aromatic carbocycles. The number of nitrogens with zero attached hydrogens (tertiary/aromatic N) is 2. The number of benzene rings is 1. The number of carbonyl (C=O) groups excluding carboxylic acids is 2. The summed E-state index contributed by atoms with van der Waals surface area (Å²) in [7, 11) is 0. The fraction of sp³-hybridized carbons (Fsp3) is 0.389. The van der Waals surface area contributed by atoms with Crippen molar-refractivity contribution in [2.45, 2.75) is 19.8 Å². The fourth-order valence-corrected chi connectivity index (χ4v) is 3.29. The Kier molecular flexibility index (Phi) is 5.65. The van der Waals surface area contributed by atoms with Gasteiger partial charge in [-0.25, -0.2) is 4.98 Å². The van der Waals surface area contributed by atoms with E-state index in [1.807, 2.05) is 5.38 Å². The molecule has 7 heteroatoms. The van der Waals surface area contributed by atoms with E-state index in [9.17, 15) is 9.59 Å². The van der Waals surface area contributed by atoms with Gasteiger partial charge in [-0.3, -0.25) is 9.59 Å². The number of hydrogen-bond donors (Lipinski definition) is 0. The summed E-state index contributed by atoms with van der Waals surface area (Å²) in [6.45, 7) is 3.34. The molecule has 0 saturated carbocycles. The predicted molar refractivity (Wildman–Crippen MR) is 93.9 cm³/mol. The molecule has 2 heterocycles. The Morgan fingerprint density at radius 2 is 1.96 bits per heavy atom.